The van der Waals surface area contributed by atoms with Gasteiger partial charge in [0.15, 0.2) is 0 Å². The molecule has 0 bridgehead atoms. The zero-order chi connectivity index (χ0) is 27.4. The van der Waals surface area contributed by atoms with Gasteiger partial charge >= 0.3 is 0 Å². The van der Waals surface area contributed by atoms with Crippen molar-refractivity contribution in [1.29, 1.82) is 0 Å². The van der Waals surface area contributed by atoms with Crippen LogP contribution in [-0.4, -0.2) is 122 Å². The summed E-state index contributed by atoms with van der Waals surface area (Å²) in [5, 5.41) is 50.5. The van der Waals surface area contributed by atoms with Gasteiger partial charge < -0.3 is 41.5 Å². The van der Waals surface area contributed by atoms with Crippen LogP contribution in [0.5, 0.6) is 0 Å². The molecule has 1 heterocycles. The lowest BCUT2D eigenvalue weighted by molar-refractivity contribution is -0.141. The van der Waals surface area contributed by atoms with Crippen LogP contribution in [0.3, 0.4) is 0 Å². The summed E-state index contributed by atoms with van der Waals surface area (Å²) in [7, 11) is 1.27. The van der Waals surface area contributed by atoms with Gasteiger partial charge in [-0.3, -0.25) is 28.9 Å². The Morgan fingerprint density at radius 1 is 0.972 bits per heavy atom. The molecule has 14 heteroatoms. The van der Waals surface area contributed by atoms with Gasteiger partial charge in [0.2, 0.25) is 17.7 Å². The highest BCUT2D eigenvalue weighted by Gasteiger charge is 2.33. The molecule has 36 heavy (non-hydrogen) atoms. The minimum absolute atomic E-state index is 0.0385. The van der Waals surface area contributed by atoms with Crippen molar-refractivity contribution in [3.63, 3.8) is 0 Å². The molecule has 5 amide bonds. The fraction of sp³-hybridized carbons (Fsp3) is 0.682. The third-order valence-electron chi connectivity index (χ3n) is 5.66. The van der Waals surface area contributed by atoms with Gasteiger partial charge in [0.05, 0.1) is 6.61 Å². The molecule has 0 saturated carbocycles. The number of aliphatic hydroxyl groups excluding tert-OH is 5. The van der Waals surface area contributed by atoms with Gasteiger partial charge in [-0.2, -0.15) is 0 Å². The Kier molecular flexibility index (Phi) is 13.2. The van der Waals surface area contributed by atoms with E-state index in [1.807, 2.05) is 0 Å². The van der Waals surface area contributed by atoms with Gasteiger partial charge in [0, 0.05) is 45.1 Å². The Hall–Kier alpha value is -2.91. The van der Waals surface area contributed by atoms with Crippen molar-refractivity contribution in [3.05, 3.63) is 12.2 Å². The van der Waals surface area contributed by atoms with E-state index in [2.05, 4.69) is 5.32 Å². The van der Waals surface area contributed by atoms with Crippen molar-refractivity contribution in [2.75, 3.05) is 26.7 Å². The largest absolute Gasteiger partial charge is 0.394 e. The first-order chi connectivity index (χ1) is 16.9. The number of aliphatic hydroxyl groups is 5. The molecule has 0 fully saturated rings. The van der Waals surface area contributed by atoms with Gasteiger partial charge in [0.1, 0.15) is 30.5 Å². The zero-order valence-corrected chi connectivity index (χ0v) is 20.2. The van der Waals surface area contributed by atoms with Gasteiger partial charge in [-0.05, 0) is 19.3 Å². The van der Waals surface area contributed by atoms with Gasteiger partial charge in [0.25, 0.3) is 11.8 Å². The fourth-order valence-electron chi connectivity index (χ4n) is 3.50. The molecular formula is C22H36N4O10. The van der Waals surface area contributed by atoms with E-state index in [9.17, 15) is 44.4 Å². The Bertz CT molecular complexity index is 803. The number of rotatable bonds is 17. The number of nitrogens with two attached hydrogens (primary N) is 1. The van der Waals surface area contributed by atoms with E-state index >= 15 is 0 Å². The maximum absolute atomic E-state index is 12.8. The number of nitrogens with zero attached hydrogens (tertiary/aromatic N) is 2. The van der Waals surface area contributed by atoms with E-state index in [1.165, 1.54) is 19.2 Å². The summed E-state index contributed by atoms with van der Waals surface area (Å²) >= 11 is 0. The third kappa shape index (κ3) is 9.99. The maximum atomic E-state index is 12.8. The van der Waals surface area contributed by atoms with Crippen LogP contribution < -0.4 is 11.1 Å². The number of primary amides is 1. The summed E-state index contributed by atoms with van der Waals surface area (Å²) in [4.78, 5) is 61.5. The molecule has 0 aromatic rings. The Labute approximate surface area is 208 Å². The van der Waals surface area contributed by atoms with Crippen LogP contribution in [0, 0.1) is 0 Å². The molecule has 0 aromatic carbocycles. The Morgan fingerprint density at radius 3 is 2.11 bits per heavy atom. The Morgan fingerprint density at radius 2 is 1.56 bits per heavy atom. The number of carbonyl (C=O) groups is 5. The molecule has 1 unspecified atom stereocenters. The topological polar surface area (TPSA) is 231 Å². The summed E-state index contributed by atoms with van der Waals surface area (Å²) in [5.74, 6) is -2.62. The van der Waals surface area contributed by atoms with E-state index in [0.29, 0.717) is 19.3 Å². The van der Waals surface area contributed by atoms with Crippen molar-refractivity contribution >= 4 is 29.5 Å². The van der Waals surface area contributed by atoms with Crippen LogP contribution in [0.2, 0.25) is 0 Å². The minimum Gasteiger partial charge on any atom is -0.394 e. The number of imide groups is 1. The number of likely N-dealkylation sites (N-methyl/N-ethyl adjacent to an activating group) is 1. The highest BCUT2D eigenvalue weighted by atomic mass is 16.4. The quantitative estimate of drug-likeness (QED) is 0.0734. The van der Waals surface area contributed by atoms with Crippen molar-refractivity contribution in [2.45, 2.75) is 69.0 Å². The highest BCUT2D eigenvalue weighted by molar-refractivity contribution is 6.12. The summed E-state index contributed by atoms with van der Waals surface area (Å²) in [6.45, 7) is -1.11. The smallest absolute Gasteiger partial charge is 0.253 e. The first-order valence-corrected chi connectivity index (χ1v) is 11.6. The third-order valence-corrected chi connectivity index (χ3v) is 5.66. The molecule has 1 aliphatic rings. The molecule has 14 nitrogen and oxygen atoms in total. The predicted octanol–water partition coefficient (Wildman–Crippen LogP) is -3.88. The second-order valence-corrected chi connectivity index (χ2v) is 8.61. The number of hydrogen-bond acceptors (Lipinski definition) is 10. The number of unbranched alkanes of at least 4 members (excludes halogenated alkanes) is 2. The lowest BCUT2D eigenvalue weighted by Gasteiger charge is -2.30. The van der Waals surface area contributed by atoms with E-state index in [-0.39, 0.29) is 37.6 Å². The van der Waals surface area contributed by atoms with E-state index in [0.717, 1.165) is 9.80 Å². The maximum Gasteiger partial charge on any atom is 0.253 e. The van der Waals surface area contributed by atoms with Crippen LogP contribution in [-0.2, 0) is 24.0 Å². The van der Waals surface area contributed by atoms with Crippen LogP contribution in [0.1, 0.15) is 38.5 Å². The number of nitrogens with one attached hydrogen (secondary N) is 1. The highest BCUT2D eigenvalue weighted by Crippen LogP contribution is 2.10. The lowest BCUT2D eigenvalue weighted by Crippen LogP contribution is -2.53. The molecule has 0 aromatic heterocycles. The van der Waals surface area contributed by atoms with E-state index in [1.54, 1.807) is 0 Å². The standard InChI is InChI=1S/C22H36N4O10/c1-25(11-14(28)20(34)21(35)15(29)12-27)22(36)13(6-7-16(23)30)24-17(31)5-3-2-4-10-26-18(32)8-9-19(26)33/h8-9,13-15,20-21,27-29,34-35H,2-7,10-12H2,1H3,(H2,23,30)(H,24,31)/t13?,14-,15+,20+,21+/m0/s1. The lowest BCUT2D eigenvalue weighted by atomic mass is 10.0. The summed E-state index contributed by atoms with van der Waals surface area (Å²) in [6.07, 6.45) is -3.57. The van der Waals surface area contributed by atoms with Crippen LogP contribution in [0.15, 0.2) is 12.2 Å². The van der Waals surface area contributed by atoms with Crippen molar-refractivity contribution in [3.8, 4) is 0 Å². The molecule has 1 rings (SSSR count). The number of carbonyl (C=O) groups excluding carboxylic acids is 5. The Balaban J connectivity index is 2.57. The second kappa shape index (κ2) is 15.3. The monoisotopic (exact) mass is 516 g/mol. The minimum atomic E-state index is -1.87. The van der Waals surface area contributed by atoms with Gasteiger partial charge in [-0.15, -0.1) is 0 Å². The zero-order valence-electron chi connectivity index (χ0n) is 20.2. The molecule has 0 radical (unpaired) electrons. The molecule has 0 aliphatic carbocycles. The molecule has 0 saturated heterocycles. The van der Waals surface area contributed by atoms with Gasteiger partial charge in [-0.25, -0.2) is 0 Å². The summed E-state index contributed by atoms with van der Waals surface area (Å²) < 4.78 is 0. The molecule has 5 atom stereocenters. The molecule has 1 aliphatic heterocycles. The predicted molar refractivity (Wildman–Crippen MR) is 123 cm³/mol. The number of hydrogen-bond donors (Lipinski definition) is 7. The van der Waals surface area contributed by atoms with Crippen LogP contribution in [0.4, 0.5) is 0 Å². The van der Waals surface area contributed by atoms with Crippen molar-refractivity contribution < 1.29 is 49.5 Å². The van der Waals surface area contributed by atoms with Gasteiger partial charge in [-0.1, -0.05) is 6.42 Å². The second-order valence-electron chi connectivity index (χ2n) is 8.61. The average molecular weight is 517 g/mol. The van der Waals surface area contributed by atoms with E-state index in [4.69, 9.17) is 10.8 Å². The SMILES string of the molecule is CN(C[C@H](O)[C@@H](O)[C@H](O)[C@H](O)CO)C(=O)C(CCC(N)=O)NC(=O)CCCCCN1C(=O)C=CC1=O. The van der Waals surface area contributed by atoms with Crippen molar-refractivity contribution in [2.24, 2.45) is 5.73 Å². The molecular weight excluding hydrogens is 480 g/mol. The van der Waals surface area contributed by atoms with Crippen LogP contribution >= 0.6 is 0 Å². The molecule has 8 N–H and O–H groups in total. The number of amides is 5. The first kappa shape index (κ1) is 31.1. The molecule has 0 spiro atoms. The van der Waals surface area contributed by atoms with Crippen LogP contribution in [0.25, 0.3) is 0 Å². The summed E-state index contributed by atoms with van der Waals surface area (Å²) in [5.41, 5.74) is 5.15. The molecule has 204 valence electrons. The first-order valence-electron chi connectivity index (χ1n) is 11.6. The fourth-order valence-corrected chi connectivity index (χ4v) is 3.50. The average Bonchev–Trinajstić information content (AvgIpc) is 3.16. The van der Waals surface area contributed by atoms with E-state index < -0.39 is 61.3 Å². The summed E-state index contributed by atoms with van der Waals surface area (Å²) in [6, 6.07) is -1.15. The van der Waals surface area contributed by atoms with Crippen molar-refractivity contribution in [1.82, 2.24) is 15.1 Å². The normalized spacial score (nSPS) is 17.4.